The molecule has 0 aliphatic carbocycles. The summed E-state index contributed by atoms with van der Waals surface area (Å²) in [5.74, 6) is 0.483. The number of rotatable bonds is 15. The SMILES string of the molecule is CCCCCCOC(=O)NC(=N)c1ccc(NCc2nc3cc(C(=O)N(CCC(=O)OCC)c4ccccn4)ccc3n2C)cc1.O.O. The number of esters is 1. The minimum absolute atomic E-state index is 0. The number of benzene rings is 2. The molecule has 0 unspecified atom stereocenters. The summed E-state index contributed by atoms with van der Waals surface area (Å²) in [5.41, 5.74) is 3.30. The molecular weight excluding hydrogens is 618 g/mol. The third kappa shape index (κ3) is 10.6. The van der Waals surface area contributed by atoms with Gasteiger partial charge in [0, 0.05) is 36.6 Å². The van der Waals surface area contributed by atoms with Crippen molar-refractivity contribution in [1.82, 2.24) is 19.9 Å². The van der Waals surface area contributed by atoms with E-state index < -0.39 is 6.09 Å². The molecule has 4 aromatic rings. The lowest BCUT2D eigenvalue weighted by atomic mass is 10.1. The number of hydrogen-bond donors (Lipinski definition) is 3. The summed E-state index contributed by atoms with van der Waals surface area (Å²) < 4.78 is 12.2. The van der Waals surface area contributed by atoms with E-state index in [9.17, 15) is 14.4 Å². The van der Waals surface area contributed by atoms with Gasteiger partial charge < -0.3 is 30.3 Å². The molecule has 2 amide bonds. The van der Waals surface area contributed by atoms with Gasteiger partial charge in [-0.05, 0) is 67.9 Å². The number of alkyl carbamates (subject to hydrolysis) is 1. The van der Waals surface area contributed by atoms with Crippen LogP contribution < -0.4 is 15.5 Å². The van der Waals surface area contributed by atoms with Gasteiger partial charge in [0.15, 0.2) is 0 Å². The number of pyridine rings is 1. The molecule has 2 aromatic carbocycles. The zero-order chi connectivity index (χ0) is 32.9. The van der Waals surface area contributed by atoms with Gasteiger partial charge in [0.1, 0.15) is 17.5 Å². The van der Waals surface area contributed by atoms with Crippen LogP contribution in [0.3, 0.4) is 0 Å². The van der Waals surface area contributed by atoms with Crippen LogP contribution in [-0.4, -0.2) is 69.1 Å². The van der Waals surface area contributed by atoms with Crippen LogP contribution in [0.5, 0.6) is 0 Å². The molecule has 0 saturated heterocycles. The topological polar surface area (TPSA) is 215 Å². The quantitative estimate of drug-likeness (QED) is 0.0725. The lowest BCUT2D eigenvalue weighted by Gasteiger charge is -2.21. The maximum Gasteiger partial charge on any atom is 0.412 e. The van der Waals surface area contributed by atoms with Gasteiger partial charge in [0.25, 0.3) is 5.91 Å². The molecule has 7 N–H and O–H groups in total. The fraction of sp³-hybridized carbons (Fsp3) is 0.353. The van der Waals surface area contributed by atoms with Crippen LogP contribution in [0.2, 0.25) is 0 Å². The lowest BCUT2D eigenvalue weighted by molar-refractivity contribution is -0.142. The van der Waals surface area contributed by atoms with Gasteiger partial charge in [-0.15, -0.1) is 0 Å². The first-order valence-corrected chi connectivity index (χ1v) is 15.5. The monoisotopic (exact) mass is 663 g/mol. The molecule has 0 aliphatic heterocycles. The average molecular weight is 664 g/mol. The van der Waals surface area contributed by atoms with E-state index in [0.717, 1.165) is 42.7 Å². The molecule has 0 spiro atoms. The normalized spacial score (nSPS) is 10.3. The number of unbranched alkanes of at least 4 members (excludes halogenated alkanes) is 3. The lowest BCUT2D eigenvalue weighted by Crippen LogP contribution is -2.34. The maximum atomic E-state index is 13.6. The Morgan fingerprint density at radius 2 is 1.69 bits per heavy atom. The number of fused-ring (bicyclic) bond motifs is 1. The van der Waals surface area contributed by atoms with Gasteiger partial charge in [-0.1, -0.05) is 32.3 Å². The number of ether oxygens (including phenoxy) is 2. The fourth-order valence-corrected chi connectivity index (χ4v) is 4.81. The van der Waals surface area contributed by atoms with Gasteiger partial charge in [0.05, 0.1) is 37.2 Å². The molecule has 0 aliphatic rings. The van der Waals surface area contributed by atoms with Crippen molar-refractivity contribution in [2.45, 2.75) is 52.5 Å². The van der Waals surface area contributed by atoms with Crippen molar-refractivity contribution < 1.29 is 34.8 Å². The summed E-state index contributed by atoms with van der Waals surface area (Å²) in [7, 11) is 1.91. The number of aromatic nitrogens is 3. The number of nitrogens with one attached hydrogen (secondary N) is 3. The van der Waals surface area contributed by atoms with E-state index in [1.165, 1.54) is 4.90 Å². The Balaban J connectivity index is 0.00000400. The Labute approximate surface area is 279 Å². The van der Waals surface area contributed by atoms with Crippen molar-refractivity contribution in [3.05, 3.63) is 83.8 Å². The molecule has 14 nitrogen and oxygen atoms in total. The van der Waals surface area contributed by atoms with E-state index in [1.54, 1.807) is 55.6 Å². The van der Waals surface area contributed by atoms with Crippen LogP contribution in [0, 0.1) is 5.41 Å². The Hall–Kier alpha value is -5.34. The minimum Gasteiger partial charge on any atom is -0.466 e. The number of imidazole rings is 1. The summed E-state index contributed by atoms with van der Waals surface area (Å²) in [6, 6.07) is 17.7. The zero-order valence-corrected chi connectivity index (χ0v) is 27.5. The fourth-order valence-electron chi connectivity index (χ4n) is 4.81. The minimum atomic E-state index is -0.628. The summed E-state index contributed by atoms with van der Waals surface area (Å²) in [6.45, 7) is 5.01. The first-order valence-electron chi connectivity index (χ1n) is 15.5. The molecule has 258 valence electrons. The molecular formula is C34H45N7O7. The van der Waals surface area contributed by atoms with Gasteiger partial charge in [0.2, 0.25) is 0 Å². The van der Waals surface area contributed by atoms with Gasteiger partial charge >= 0.3 is 12.1 Å². The standard InChI is InChI=1S/C34H41N7O5.2H2O/c1-4-6-7-10-21-46-34(44)39-32(35)24-12-15-26(16-13-24)37-23-30-38-27-22-25(14-17-28(27)40(30)3)33(43)41(20-18-31(42)45-5-2)29-11-8-9-19-36-29;;/h8-9,11-17,19,22,37H,4-7,10,18,20-21,23H2,1-3H3,(H2,35,39,44);2*1H2. The first kappa shape index (κ1) is 38.8. The van der Waals surface area contributed by atoms with Crippen LogP contribution in [0.1, 0.15) is 67.7 Å². The zero-order valence-electron chi connectivity index (χ0n) is 27.5. The van der Waals surface area contributed by atoms with E-state index in [4.69, 9.17) is 19.9 Å². The van der Waals surface area contributed by atoms with Crippen LogP contribution >= 0.6 is 0 Å². The van der Waals surface area contributed by atoms with Crippen molar-refractivity contribution in [2.75, 3.05) is 30.0 Å². The number of amidine groups is 1. The second kappa shape index (κ2) is 19.4. The Bertz CT molecular complexity index is 1640. The number of nitrogens with zero attached hydrogens (tertiary/aromatic N) is 4. The number of anilines is 2. The number of carbonyl (C=O) groups is 3. The molecule has 0 fully saturated rings. The predicted molar refractivity (Wildman–Crippen MR) is 184 cm³/mol. The van der Waals surface area contributed by atoms with E-state index >= 15 is 0 Å². The van der Waals surface area contributed by atoms with Gasteiger partial charge in [-0.2, -0.15) is 0 Å². The third-order valence-electron chi connectivity index (χ3n) is 7.32. The highest BCUT2D eigenvalue weighted by Crippen LogP contribution is 2.21. The highest BCUT2D eigenvalue weighted by Gasteiger charge is 2.21. The molecule has 2 heterocycles. The van der Waals surface area contributed by atoms with Crippen molar-refractivity contribution >= 4 is 46.3 Å². The Morgan fingerprint density at radius 1 is 0.938 bits per heavy atom. The first-order chi connectivity index (χ1) is 22.3. The Morgan fingerprint density at radius 3 is 2.38 bits per heavy atom. The second-order valence-electron chi connectivity index (χ2n) is 10.6. The highest BCUT2D eigenvalue weighted by atomic mass is 16.5. The van der Waals surface area contributed by atoms with Crippen LogP contribution in [0.4, 0.5) is 16.3 Å². The smallest absolute Gasteiger partial charge is 0.412 e. The van der Waals surface area contributed by atoms with Crippen molar-refractivity contribution in [3.63, 3.8) is 0 Å². The van der Waals surface area contributed by atoms with Gasteiger partial charge in [-0.3, -0.25) is 25.2 Å². The van der Waals surface area contributed by atoms with E-state index in [-0.39, 0.29) is 48.2 Å². The predicted octanol–water partition coefficient (Wildman–Crippen LogP) is 4.16. The van der Waals surface area contributed by atoms with Gasteiger partial charge in [-0.25, -0.2) is 14.8 Å². The van der Waals surface area contributed by atoms with Crippen molar-refractivity contribution in [2.24, 2.45) is 7.05 Å². The van der Waals surface area contributed by atoms with Crippen molar-refractivity contribution in [1.29, 1.82) is 5.41 Å². The van der Waals surface area contributed by atoms with E-state index in [0.29, 0.717) is 35.6 Å². The summed E-state index contributed by atoms with van der Waals surface area (Å²) >= 11 is 0. The number of hydrogen-bond acceptors (Lipinski definition) is 9. The number of aryl methyl sites for hydroxylation is 1. The molecule has 0 saturated carbocycles. The largest absolute Gasteiger partial charge is 0.466 e. The van der Waals surface area contributed by atoms with E-state index in [2.05, 4.69) is 22.5 Å². The highest BCUT2D eigenvalue weighted by molar-refractivity contribution is 6.07. The third-order valence-corrected chi connectivity index (χ3v) is 7.32. The van der Waals surface area contributed by atoms with Crippen LogP contribution in [-0.2, 0) is 27.9 Å². The molecule has 0 radical (unpaired) electrons. The average Bonchev–Trinajstić information content (AvgIpc) is 3.38. The molecule has 0 bridgehead atoms. The maximum absolute atomic E-state index is 13.6. The molecule has 0 atom stereocenters. The second-order valence-corrected chi connectivity index (χ2v) is 10.6. The molecule has 2 aromatic heterocycles. The number of carbonyl (C=O) groups excluding carboxylic acids is 3. The van der Waals surface area contributed by atoms with Crippen LogP contribution in [0.25, 0.3) is 11.0 Å². The van der Waals surface area contributed by atoms with E-state index in [1.807, 2.05) is 29.8 Å². The summed E-state index contributed by atoms with van der Waals surface area (Å²) in [5, 5.41) is 14.0. The summed E-state index contributed by atoms with van der Waals surface area (Å²) in [6.07, 6.45) is 5.05. The Kier molecular flexibility index (Phi) is 15.7. The number of amides is 2. The molecule has 14 heteroatoms. The molecule has 4 rings (SSSR count). The van der Waals surface area contributed by atoms with Crippen molar-refractivity contribution in [3.8, 4) is 0 Å². The molecule has 48 heavy (non-hydrogen) atoms. The summed E-state index contributed by atoms with van der Waals surface area (Å²) in [4.78, 5) is 48.2. The van der Waals surface area contributed by atoms with Crippen LogP contribution in [0.15, 0.2) is 66.9 Å².